The third-order valence-electron chi connectivity index (χ3n) is 2.70. The van der Waals surface area contributed by atoms with Gasteiger partial charge in [0.15, 0.2) is 0 Å². The van der Waals surface area contributed by atoms with Crippen molar-refractivity contribution < 1.29 is 24.2 Å². The van der Waals surface area contributed by atoms with E-state index < -0.39 is 23.6 Å². The van der Waals surface area contributed by atoms with Crippen molar-refractivity contribution in [1.82, 2.24) is 4.90 Å². The highest BCUT2D eigenvalue weighted by molar-refractivity contribution is 5.97. The van der Waals surface area contributed by atoms with Crippen molar-refractivity contribution in [1.29, 1.82) is 0 Å². The van der Waals surface area contributed by atoms with E-state index in [1.807, 2.05) is 0 Å². The molecule has 19 heavy (non-hydrogen) atoms. The Morgan fingerprint density at radius 1 is 1.21 bits per heavy atom. The van der Waals surface area contributed by atoms with Crippen LogP contribution in [-0.4, -0.2) is 40.6 Å². The maximum atomic E-state index is 12.1. The molecule has 6 nitrogen and oxygen atoms in total. The predicted molar refractivity (Wildman–Crippen MR) is 66.3 cm³/mol. The maximum absolute atomic E-state index is 12.1. The minimum atomic E-state index is -2.04. The lowest BCUT2D eigenvalue weighted by atomic mass is 10.1. The van der Waals surface area contributed by atoms with Crippen LogP contribution < -0.4 is 0 Å². The summed E-state index contributed by atoms with van der Waals surface area (Å²) in [6, 6.07) is 8.15. The van der Waals surface area contributed by atoms with Gasteiger partial charge in [-0.1, -0.05) is 18.2 Å². The van der Waals surface area contributed by atoms with Crippen LogP contribution in [0, 0.1) is 0 Å². The zero-order chi connectivity index (χ0) is 14.6. The molecule has 0 saturated carbocycles. The van der Waals surface area contributed by atoms with Crippen LogP contribution in [0.2, 0.25) is 0 Å². The average Bonchev–Trinajstić information content (AvgIpc) is 2.36. The Kier molecular flexibility index (Phi) is 4.26. The molecular formula is C13H15NO5. The van der Waals surface area contributed by atoms with E-state index in [-0.39, 0.29) is 0 Å². The topological polar surface area (TPSA) is 83.9 Å². The number of likely N-dealkylation sites (N-methyl/N-ethyl adjacent to an activating group) is 1. The lowest BCUT2D eigenvalue weighted by Crippen LogP contribution is -2.55. The number of carbonyl (C=O) groups excluding carboxylic acids is 2. The smallest absolute Gasteiger partial charge is 0.370 e. The van der Waals surface area contributed by atoms with Gasteiger partial charge < -0.3 is 9.84 Å². The summed E-state index contributed by atoms with van der Waals surface area (Å²) in [5.41, 5.74) is -1.73. The molecule has 0 aromatic heterocycles. The summed E-state index contributed by atoms with van der Waals surface area (Å²) < 4.78 is 4.77. The highest BCUT2D eigenvalue weighted by atomic mass is 16.6. The summed E-state index contributed by atoms with van der Waals surface area (Å²) >= 11 is 0. The monoisotopic (exact) mass is 265 g/mol. The number of ether oxygens (including phenoxy) is 1. The number of nitrogens with zero attached hydrogens (tertiary/aromatic N) is 1. The largest absolute Gasteiger partial charge is 0.477 e. The quantitative estimate of drug-likeness (QED) is 0.651. The molecule has 1 aromatic rings. The van der Waals surface area contributed by atoms with E-state index in [1.165, 1.54) is 7.05 Å². The van der Waals surface area contributed by atoms with Gasteiger partial charge in [-0.3, -0.25) is 14.5 Å². The van der Waals surface area contributed by atoms with E-state index in [4.69, 9.17) is 4.74 Å². The second kappa shape index (κ2) is 5.51. The Bertz CT molecular complexity index is 499. The van der Waals surface area contributed by atoms with E-state index in [9.17, 15) is 19.5 Å². The standard InChI is InChI=1S/C13H15NO5/c1-9(15)19-13(2,12(17)18)14(3)11(16)10-7-5-4-6-8-10/h4-8H,1-3H3,(H,17,18). The first kappa shape index (κ1) is 14.7. The Morgan fingerprint density at radius 2 is 1.74 bits per heavy atom. The lowest BCUT2D eigenvalue weighted by molar-refractivity contribution is -0.191. The van der Waals surface area contributed by atoms with Crippen molar-refractivity contribution in [2.75, 3.05) is 7.05 Å². The predicted octanol–water partition coefficient (Wildman–Crippen LogP) is 1.12. The van der Waals surface area contributed by atoms with Gasteiger partial charge in [-0.05, 0) is 12.1 Å². The fourth-order valence-electron chi connectivity index (χ4n) is 1.50. The normalized spacial score (nSPS) is 13.2. The zero-order valence-electron chi connectivity index (χ0n) is 10.9. The molecule has 0 aliphatic heterocycles. The van der Waals surface area contributed by atoms with Gasteiger partial charge in [0.1, 0.15) is 0 Å². The van der Waals surface area contributed by atoms with Crippen LogP contribution in [0.3, 0.4) is 0 Å². The second-order valence-electron chi connectivity index (χ2n) is 4.11. The van der Waals surface area contributed by atoms with Crippen LogP contribution in [-0.2, 0) is 14.3 Å². The number of benzene rings is 1. The molecule has 6 heteroatoms. The van der Waals surface area contributed by atoms with Crippen molar-refractivity contribution in [3.63, 3.8) is 0 Å². The minimum Gasteiger partial charge on any atom is -0.477 e. The Balaban J connectivity index is 3.07. The number of amides is 1. The summed E-state index contributed by atoms with van der Waals surface area (Å²) in [6.45, 7) is 2.24. The molecule has 0 heterocycles. The molecule has 1 unspecified atom stereocenters. The molecule has 1 amide bonds. The fourth-order valence-corrected chi connectivity index (χ4v) is 1.50. The maximum Gasteiger partial charge on any atom is 0.370 e. The SMILES string of the molecule is CC(=O)OC(C)(C(=O)O)N(C)C(=O)c1ccccc1. The van der Waals surface area contributed by atoms with Crippen molar-refractivity contribution in [3.05, 3.63) is 35.9 Å². The van der Waals surface area contributed by atoms with Crippen LogP contribution in [0.15, 0.2) is 30.3 Å². The van der Waals surface area contributed by atoms with E-state index in [1.54, 1.807) is 30.3 Å². The Morgan fingerprint density at radius 3 is 2.16 bits per heavy atom. The molecule has 1 N–H and O–H groups in total. The minimum absolute atomic E-state index is 0.310. The van der Waals surface area contributed by atoms with Gasteiger partial charge in [0.05, 0.1) is 0 Å². The number of esters is 1. The number of rotatable bonds is 4. The van der Waals surface area contributed by atoms with Crippen LogP contribution in [0.25, 0.3) is 0 Å². The fraction of sp³-hybridized carbons (Fsp3) is 0.308. The number of hydrogen-bond acceptors (Lipinski definition) is 4. The van der Waals surface area contributed by atoms with Crippen molar-refractivity contribution >= 4 is 17.8 Å². The molecule has 0 fully saturated rings. The highest BCUT2D eigenvalue weighted by Gasteiger charge is 2.44. The Labute approximate surface area is 110 Å². The zero-order valence-corrected chi connectivity index (χ0v) is 10.9. The van der Waals surface area contributed by atoms with Gasteiger partial charge in [0.2, 0.25) is 0 Å². The van der Waals surface area contributed by atoms with Crippen LogP contribution in [0.5, 0.6) is 0 Å². The second-order valence-corrected chi connectivity index (χ2v) is 4.11. The summed E-state index contributed by atoms with van der Waals surface area (Å²) in [5, 5.41) is 9.18. The lowest BCUT2D eigenvalue weighted by Gasteiger charge is -2.33. The molecule has 0 aliphatic carbocycles. The van der Waals surface area contributed by atoms with Crippen LogP contribution >= 0.6 is 0 Å². The van der Waals surface area contributed by atoms with Gasteiger partial charge in [0.25, 0.3) is 11.6 Å². The average molecular weight is 265 g/mol. The molecule has 1 rings (SSSR count). The number of aliphatic carboxylic acids is 1. The van der Waals surface area contributed by atoms with Crippen molar-refractivity contribution in [2.24, 2.45) is 0 Å². The molecular weight excluding hydrogens is 250 g/mol. The number of carbonyl (C=O) groups is 3. The van der Waals surface area contributed by atoms with Crippen molar-refractivity contribution in [2.45, 2.75) is 19.6 Å². The van der Waals surface area contributed by atoms with E-state index in [2.05, 4.69) is 0 Å². The molecule has 1 aromatic carbocycles. The highest BCUT2D eigenvalue weighted by Crippen LogP contribution is 2.19. The molecule has 1 atom stereocenters. The van der Waals surface area contributed by atoms with Gasteiger partial charge in [0, 0.05) is 26.5 Å². The number of hydrogen-bond donors (Lipinski definition) is 1. The first-order chi connectivity index (χ1) is 8.79. The summed E-state index contributed by atoms with van der Waals surface area (Å²) in [4.78, 5) is 35.3. The first-order valence-corrected chi connectivity index (χ1v) is 5.55. The summed E-state index contributed by atoms with van der Waals surface area (Å²) in [6.07, 6.45) is 0. The van der Waals surface area contributed by atoms with Crippen LogP contribution in [0.1, 0.15) is 24.2 Å². The van der Waals surface area contributed by atoms with E-state index in [0.29, 0.717) is 5.56 Å². The van der Waals surface area contributed by atoms with Gasteiger partial charge in [-0.25, -0.2) is 4.79 Å². The third kappa shape index (κ3) is 3.09. The van der Waals surface area contributed by atoms with E-state index >= 15 is 0 Å². The molecule has 0 saturated heterocycles. The molecule has 0 bridgehead atoms. The van der Waals surface area contributed by atoms with Crippen LogP contribution in [0.4, 0.5) is 0 Å². The Hall–Kier alpha value is -2.37. The number of carboxylic acids is 1. The van der Waals surface area contributed by atoms with Gasteiger partial charge in [-0.15, -0.1) is 0 Å². The first-order valence-electron chi connectivity index (χ1n) is 5.55. The van der Waals surface area contributed by atoms with Gasteiger partial charge >= 0.3 is 11.9 Å². The van der Waals surface area contributed by atoms with Gasteiger partial charge in [-0.2, -0.15) is 0 Å². The third-order valence-corrected chi connectivity index (χ3v) is 2.70. The molecule has 0 aliphatic rings. The number of carboxylic acid groups (broad SMARTS) is 1. The van der Waals surface area contributed by atoms with Crippen molar-refractivity contribution in [3.8, 4) is 0 Å². The molecule has 0 radical (unpaired) electrons. The molecule has 0 spiro atoms. The summed E-state index contributed by atoms with van der Waals surface area (Å²) in [7, 11) is 1.27. The summed E-state index contributed by atoms with van der Waals surface area (Å²) in [5.74, 6) is -2.75. The van der Waals surface area contributed by atoms with E-state index in [0.717, 1.165) is 18.7 Å². The molecule has 102 valence electrons.